The monoisotopic (exact) mass is 450 g/mol. The van der Waals surface area contributed by atoms with Crippen LogP contribution in [0.5, 0.6) is 0 Å². The van der Waals surface area contributed by atoms with E-state index in [9.17, 15) is 14.3 Å². The molecule has 1 unspecified atom stereocenters. The number of carbonyl (C=O) groups is 1. The van der Waals surface area contributed by atoms with Gasteiger partial charge in [-0.3, -0.25) is 4.79 Å². The minimum Gasteiger partial charge on any atom is -0.380 e. The number of ether oxygens (including phenoxy) is 1. The molecule has 3 rings (SSSR count). The van der Waals surface area contributed by atoms with Gasteiger partial charge >= 0.3 is 0 Å². The van der Waals surface area contributed by atoms with Crippen LogP contribution in [0.4, 0.5) is 4.39 Å². The fraction of sp³-hybridized carbons (Fsp3) is 0.455. The van der Waals surface area contributed by atoms with Gasteiger partial charge in [0, 0.05) is 35.5 Å². The lowest BCUT2D eigenvalue weighted by Gasteiger charge is -2.30. The molecule has 2 aromatic rings. The van der Waals surface area contributed by atoms with Crippen molar-refractivity contribution >= 4 is 41.2 Å². The van der Waals surface area contributed by atoms with Crippen LogP contribution in [0.2, 0.25) is 0 Å². The summed E-state index contributed by atoms with van der Waals surface area (Å²) in [7, 11) is 1.49. The Bertz CT molecular complexity index is 994. The maximum Gasteiger partial charge on any atom is 0.254 e. The number of methoxy groups -OCH3 is 1. The quantitative estimate of drug-likeness (QED) is 0.362. The number of fused-ring (bicyclic) bond motifs is 2. The number of aryl methyl sites for hydroxylation is 1. The number of thioether (sulfide) groups is 1. The Morgan fingerprint density at radius 1 is 1.50 bits per heavy atom. The second kappa shape index (κ2) is 9.26. The molecule has 0 spiro atoms. The first-order valence-corrected chi connectivity index (χ1v) is 11.5. The summed E-state index contributed by atoms with van der Waals surface area (Å²) in [6, 6.07) is 3.20. The first-order valence-electron chi connectivity index (χ1n) is 9.74. The van der Waals surface area contributed by atoms with Crippen molar-refractivity contribution in [3.8, 4) is 0 Å². The molecule has 1 aromatic carbocycles. The summed E-state index contributed by atoms with van der Waals surface area (Å²) in [5.74, 6) is 1.69. The van der Waals surface area contributed by atoms with E-state index < -0.39 is 5.72 Å². The Morgan fingerprint density at radius 3 is 2.90 bits per heavy atom. The number of aromatic nitrogens is 1. The van der Waals surface area contributed by atoms with E-state index in [2.05, 4.69) is 24.2 Å². The number of hydrogen-bond acceptors (Lipinski definition) is 6. The molecule has 1 aliphatic rings. The van der Waals surface area contributed by atoms with Gasteiger partial charge in [0.15, 0.2) is 5.72 Å². The Balaban J connectivity index is 2.11. The fourth-order valence-corrected chi connectivity index (χ4v) is 5.10. The van der Waals surface area contributed by atoms with E-state index >= 15 is 0 Å². The van der Waals surface area contributed by atoms with E-state index in [0.717, 1.165) is 34.4 Å². The molecule has 162 valence electrons. The molecule has 1 aliphatic heterocycles. The molecule has 1 amide bonds. The third-order valence-corrected chi connectivity index (χ3v) is 6.72. The van der Waals surface area contributed by atoms with E-state index in [1.54, 1.807) is 24.8 Å². The van der Waals surface area contributed by atoms with Gasteiger partial charge in [0.2, 0.25) is 0 Å². The average molecular weight is 451 g/mol. The van der Waals surface area contributed by atoms with Gasteiger partial charge in [-0.1, -0.05) is 6.58 Å². The minimum absolute atomic E-state index is 0.0774. The van der Waals surface area contributed by atoms with Crippen LogP contribution in [0.1, 0.15) is 35.7 Å². The van der Waals surface area contributed by atoms with Crippen LogP contribution < -0.4 is 0 Å². The van der Waals surface area contributed by atoms with E-state index in [0.29, 0.717) is 22.5 Å². The van der Waals surface area contributed by atoms with Gasteiger partial charge in [-0.25, -0.2) is 9.37 Å². The number of rotatable bonds is 8. The fourth-order valence-electron chi connectivity index (χ4n) is 3.70. The highest BCUT2D eigenvalue weighted by molar-refractivity contribution is 7.98. The number of thiol groups is 1. The van der Waals surface area contributed by atoms with Gasteiger partial charge in [0.25, 0.3) is 5.91 Å². The summed E-state index contributed by atoms with van der Waals surface area (Å²) in [4.78, 5) is 18.9. The van der Waals surface area contributed by atoms with Gasteiger partial charge in [0.1, 0.15) is 5.82 Å². The summed E-state index contributed by atoms with van der Waals surface area (Å²) >= 11 is 6.02. The Morgan fingerprint density at radius 2 is 2.23 bits per heavy atom. The van der Waals surface area contributed by atoms with E-state index in [-0.39, 0.29) is 30.4 Å². The summed E-state index contributed by atoms with van der Waals surface area (Å²) in [5.41, 5.74) is 1.83. The van der Waals surface area contributed by atoms with Gasteiger partial charge < -0.3 is 14.7 Å². The standard InChI is InChI=1S/C22H27FN2O3S2/c1-13-8-15-17(12-30-7-5-6-29)16-10-25(21(26)14(2)11-28-4)22(3,27)20(16)24-19(15)9-18(13)23/h8-9,27,29H,2,5-7,10-12H2,1,3-4H3. The topological polar surface area (TPSA) is 62.7 Å². The van der Waals surface area contributed by atoms with Crippen molar-refractivity contribution in [3.63, 3.8) is 0 Å². The van der Waals surface area contributed by atoms with Crippen molar-refractivity contribution in [2.24, 2.45) is 0 Å². The summed E-state index contributed by atoms with van der Waals surface area (Å²) < 4.78 is 19.3. The summed E-state index contributed by atoms with van der Waals surface area (Å²) in [6.07, 6.45) is 0.978. The van der Waals surface area contributed by atoms with Crippen molar-refractivity contribution < 1.29 is 19.0 Å². The number of amides is 1. The molecule has 30 heavy (non-hydrogen) atoms. The highest BCUT2D eigenvalue weighted by atomic mass is 32.2. The molecule has 0 bridgehead atoms. The van der Waals surface area contributed by atoms with Crippen molar-refractivity contribution in [1.29, 1.82) is 0 Å². The molecular formula is C22H27FN2O3S2. The zero-order valence-electron chi connectivity index (χ0n) is 17.5. The van der Waals surface area contributed by atoms with Crippen LogP contribution in [0, 0.1) is 12.7 Å². The van der Waals surface area contributed by atoms with Crippen LogP contribution >= 0.6 is 24.4 Å². The van der Waals surface area contributed by atoms with Crippen molar-refractivity contribution in [2.75, 3.05) is 25.2 Å². The Labute approximate surface area is 186 Å². The molecule has 8 heteroatoms. The molecule has 1 aromatic heterocycles. The lowest BCUT2D eigenvalue weighted by atomic mass is 9.99. The molecule has 0 aliphatic carbocycles. The van der Waals surface area contributed by atoms with Crippen molar-refractivity contribution in [2.45, 2.75) is 38.3 Å². The Hall–Kier alpha value is -1.61. The van der Waals surface area contributed by atoms with Crippen LogP contribution in [0.3, 0.4) is 0 Å². The number of hydrogen-bond donors (Lipinski definition) is 2. The average Bonchev–Trinajstić information content (AvgIpc) is 2.96. The second-order valence-electron chi connectivity index (χ2n) is 7.61. The lowest BCUT2D eigenvalue weighted by Crippen LogP contribution is -2.43. The normalized spacial score (nSPS) is 18.1. The first kappa shape index (κ1) is 23.1. The summed E-state index contributed by atoms with van der Waals surface area (Å²) in [6.45, 7) is 7.33. The summed E-state index contributed by atoms with van der Waals surface area (Å²) in [5, 5.41) is 12.1. The van der Waals surface area contributed by atoms with Gasteiger partial charge in [-0.15, -0.1) is 0 Å². The molecule has 0 saturated heterocycles. The number of nitrogens with zero attached hydrogens (tertiary/aromatic N) is 2. The third-order valence-electron chi connectivity index (χ3n) is 5.33. The molecule has 1 atom stereocenters. The predicted molar refractivity (Wildman–Crippen MR) is 122 cm³/mol. The molecule has 5 nitrogen and oxygen atoms in total. The second-order valence-corrected chi connectivity index (χ2v) is 9.17. The number of pyridine rings is 1. The predicted octanol–water partition coefficient (Wildman–Crippen LogP) is 3.95. The number of aliphatic hydroxyl groups is 1. The number of carbonyl (C=O) groups excluding carboxylic acids is 1. The molecule has 1 N–H and O–H groups in total. The van der Waals surface area contributed by atoms with Crippen LogP contribution in [-0.2, 0) is 27.6 Å². The SMILES string of the molecule is C=C(COC)C(=O)N1Cc2c(nc3cc(F)c(C)cc3c2CSCCCS)C1(C)O. The smallest absolute Gasteiger partial charge is 0.254 e. The zero-order chi connectivity index (χ0) is 22.1. The maximum absolute atomic E-state index is 14.3. The lowest BCUT2D eigenvalue weighted by molar-refractivity contribution is -0.153. The van der Waals surface area contributed by atoms with Gasteiger partial charge in [-0.2, -0.15) is 24.4 Å². The van der Waals surface area contributed by atoms with Gasteiger partial charge in [-0.05, 0) is 49.0 Å². The molecule has 0 radical (unpaired) electrons. The van der Waals surface area contributed by atoms with Crippen molar-refractivity contribution in [1.82, 2.24) is 9.88 Å². The highest BCUT2D eigenvalue weighted by Crippen LogP contribution is 2.42. The minimum atomic E-state index is -1.62. The highest BCUT2D eigenvalue weighted by Gasteiger charge is 2.45. The molecule has 2 heterocycles. The van der Waals surface area contributed by atoms with Gasteiger partial charge in [0.05, 0.1) is 24.4 Å². The maximum atomic E-state index is 14.3. The molecule has 0 saturated carbocycles. The van der Waals surface area contributed by atoms with E-state index in [1.165, 1.54) is 25.0 Å². The third kappa shape index (κ3) is 4.23. The van der Waals surface area contributed by atoms with E-state index in [1.807, 2.05) is 0 Å². The van der Waals surface area contributed by atoms with Crippen LogP contribution in [-0.4, -0.2) is 46.1 Å². The molecule has 0 fully saturated rings. The molecular weight excluding hydrogens is 423 g/mol. The van der Waals surface area contributed by atoms with Crippen molar-refractivity contribution in [3.05, 3.63) is 52.5 Å². The van der Waals surface area contributed by atoms with Crippen LogP contribution in [0.15, 0.2) is 24.3 Å². The van der Waals surface area contributed by atoms with Crippen LogP contribution in [0.25, 0.3) is 10.9 Å². The Kier molecular flexibility index (Phi) is 7.12. The number of halogens is 1. The van der Waals surface area contributed by atoms with E-state index in [4.69, 9.17) is 4.74 Å². The number of benzene rings is 1. The largest absolute Gasteiger partial charge is 0.380 e. The zero-order valence-corrected chi connectivity index (χ0v) is 19.2. The first-order chi connectivity index (χ1) is 14.2.